The molecule has 43 heavy (non-hydrogen) atoms. The molecule has 6 nitrogen and oxygen atoms in total. The molecule has 3 rings (SSSR count). The number of rotatable bonds is 20. The molecule has 228 valence electrons. The molecule has 0 spiro atoms. The molecule has 0 aliphatic heterocycles. The molecule has 0 unspecified atom stereocenters. The van der Waals surface area contributed by atoms with Crippen LogP contribution in [0.3, 0.4) is 0 Å². The van der Waals surface area contributed by atoms with Crippen molar-refractivity contribution >= 4 is 55.8 Å². The van der Waals surface area contributed by atoms with Gasteiger partial charge in [-0.25, -0.2) is 0 Å². The predicted molar refractivity (Wildman–Crippen MR) is 183 cm³/mol. The van der Waals surface area contributed by atoms with E-state index in [1.807, 2.05) is 34.6 Å². The topological polar surface area (TPSA) is 49.4 Å². The fourth-order valence-electron chi connectivity index (χ4n) is 4.66. The third-order valence-corrected chi connectivity index (χ3v) is 11.6. The quantitative estimate of drug-likeness (QED) is 0.118. The van der Waals surface area contributed by atoms with Crippen LogP contribution in [0.1, 0.15) is 51.3 Å². The van der Waals surface area contributed by atoms with Crippen LogP contribution < -0.4 is 4.90 Å². The van der Waals surface area contributed by atoms with E-state index in [9.17, 15) is 0 Å². The van der Waals surface area contributed by atoms with Crippen molar-refractivity contribution in [2.45, 2.75) is 47.1 Å². The zero-order valence-corrected chi connectivity index (χ0v) is 29.3. The zero-order valence-electron chi connectivity index (χ0n) is 26.3. The average Bonchev–Trinajstić information content (AvgIpc) is 3.03. The third-order valence-electron chi connectivity index (χ3n) is 6.59. The van der Waals surface area contributed by atoms with Gasteiger partial charge in [-0.3, -0.25) is 0 Å². The zero-order chi connectivity index (χ0) is 31.1. The van der Waals surface area contributed by atoms with Crippen LogP contribution in [0, 0.1) is 0 Å². The van der Waals surface area contributed by atoms with Crippen molar-refractivity contribution in [2.75, 3.05) is 37.9 Å². The van der Waals surface area contributed by atoms with E-state index in [1.54, 1.807) is 0 Å². The Bertz CT molecular complexity index is 1220. The maximum absolute atomic E-state index is 6.07. The summed E-state index contributed by atoms with van der Waals surface area (Å²) >= 11 is 0. The summed E-state index contributed by atoms with van der Waals surface area (Å²) in [5, 5.41) is 1.95. The van der Waals surface area contributed by atoms with Gasteiger partial charge in [-0.15, -0.1) is 0 Å². The molecule has 0 N–H and O–H groups in total. The molecule has 0 fully saturated rings. The summed E-state index contributed by atoms with van der Waals surface area (Å²) in [7, 11) is -2.26. The van der Waals surface area contributed by atoms with Crippen molar-refractivity contribution in [3.05, 3.63) is 103 Å². The van der Waals surface area contributed by atoms with E-state index in [0.717, 1.165) is 51.0 Å². The van der Waals surface area contributed by atoms with E-state index >= 15 is 0 Å². The largest absolute Gasteiger partial charge is 0.501 e. The van der Waals surface area contributed by atoms with Gasteiger partial charge in [0.05, 0.1) is 0 Å². The maximum Gasteiger partial charge on any atom is 0.501 e. The number of nitrogens with zero attached hydrogens (tertiary/aromatic N) is 1. The Balaban J connectivity index is 1.97. The van der Waals surface area contributed by atoms with Crippen LogP contribution in [0.15, 0.2) is 86.0 Å². The lowest BCUT2D eigenvalue weighted by atomic mass is 10.1. The van der Waals surface area contributed by atoms with Crippen molar-refractivity contribution in [3.8, 4) is 0 Å². The van der Waals surface area contributed by atoms with Gasteiger partial charge in [-0.05, 0) is 105 Å². The average molecular weight is 632 g/mol. The summed E-state index contributed by atoms with van der Waals surface area (Å²) < 4.78 is 29.6. The van der Waals surface area contributed by atoms with Gasteiger partial charge in [-0.2, -0.15) is 0 Å². The second kappa shape index (κ2) is 18.3. The molecule has 0 saturated carbocycles. The number of hydrogen-bond acceptors (Lipinski definition) is 6. The van der Waals surface area contributed by atoms with Gasteiger partial charge >= 0.3 is 8.80 Å². The van der Waals surface area contributed by atoms with Crippen LogP contribution in [0.4, 0.5) is 17.1 Å². The predicted octanol–water partition coefficient (Wildman–Crippen LogP) is 8.00. The van der Waals surface area contributed by atoms with Crippen LogP contribution in [0.5, 0.6) is 0 Å². The van der Waals surface area contributed by atoms with Crippen LogP contribution >= 0.6 is 0 Å². The van der Waals surface area contributed by atoms with Gasteiger partial charge < -0.3 is 27.0 Å². The van der Waals surface area contributed by atoms with Crippen LogP contribution in [-0.4, -0.2) is 61.4 Å². The number of anilines is 3. The van der Waals surface area contributed by atoms with Crippen molar-refractivity contribution in [1.29, 1.82) is 0 Å². The fourth-order valence-corrected chi connectivity index (χ4v) is 8.44. The molecule has 9 heteroatoms. The van der Waals surface area contributed by atoms with Crippen molar-refractivity contribution in [3.63, 3.8) is 0 Å². The summed E-state index contributed by atoms with van der Waals surface area (Å²) in [5.41, 5.74) is 6.47. The van der Waals surface area contributed by atoms with Gasteiger partial charge in [-0.1, -0.05) is 49.6 Å². The maximum atomic E-state index is 6.07. The van der Waals surface area contributed by atoms with Gasteiger partial charge in [0, 0.05) is 56.1 Å². The number of aryl methyl sites for hydroxylation is 1. The molecular weight excluding hydrogens is 587 g/mol. The monoisotopic (exact) mass is 631 g/mol. The summed E-state index contributed by atoms with van der Waals surface area (Å²) in [6.45, 7) is 21.6. The van der Waals surface area contributed by atoms with Gasteiger partial charge in [0.2, 0.25) is 0 Å². The lowest BCUT2D eigenvalue weighted by Crippen LogP contribution is -2.46. The van der Waals surface area contributed by atoms with E-state index in [-0.39, 0.29) is 19.5 Å². The Labute approximate surface area is 264 Å². The normalized spacial score (nSPS) is 11.5. The smallest absolute Gasteiger partial charge is 0.412 e. The molecule has 0 aliphatic carbocycles. The third kappa shape index (κ3) is 10.2. The molecule has 3 aromatic carbocycles. The van der Waals surface area contributed by atoms with Crippen LogP contribution in [0.2, 0.25) is 6.04 Å². The van der Waals surface area contributed by atoms with Crippen molar-refractivity contribution < 1.29 is 22.1 Å². The van der Waals surface area contributed by atoms with E-state index in [0.29, 0.717) is 33.0 Å². The van der Waals surface area contributed by atoms with E-state index in [2.05, 4.69) is 90.9 Å². The Morgan fingerprint density at radius 3 is 1.51 bits per heavy atom. The molecule has 0 heterocycles. The highest BCUT2D eigenvalue weighted by atomic mass is 28.4. The van der Waals surface area contributed by atoms with Crippen molar-refractivity contribution in [1.82, 2.24) is 0 Å². The standard InChI is InChI=1S/C34H45NO5Si3/c1-8-36-41-27(6)30-15-13-17-33(25-30)35(34-18-14-16-31(26-34)28(7)42-37-9-2)32-21-19-29(20-22-32)23-24-43(38-10-3,39-11-4)40-12-5/h13-22,25-26H,6-12,23-24H2,1-5H3. The Kier molecular flexibility index (Phi) is 14.8. The van der Waals surface area contributed by atoms with Crippen LogP contribution in [-0.2, 0) is 28.6 Å². The summed E-state index contributed by atoms with van der Waals surface area (Å²) in [6.07, 6.45) is 0.813. The van der Waals surface area contributed by atoms with Gasteiger partial charge in [0.1, 0.15) is 0 Å². The minimum absolute atomic E-state index is 0.228. The van der Waals surface area contributed by atoms with Crippen molar-refractivity contribution in [2.24, 2.45) is 0 Å². The summed E-state index contributed by atoms with van der Waals surface area (Å²) in [5.74, 6) is 0. The molecular formula is C34H45NO5Si3. The fraction of sp³-hybridized carbons (Fsp3) is 0.353. The highest BCUT2D eigenvalue weighted by Gasteiger charge is 2.39. The Hall–Kier alpha value is -2.61. The molecule has 0 saturated heterocycles. The Morgan fingerprint density at radius 1 is 0.628 bits per heavy atom. The summed E-state index contributed by atoms with van der Waals surface area (Å²) in [6, 6.07) is 26.4. The molecule has 0 bridgehead atoms. The second-order valence-electron chi connectivity index (χ2n) is 9.61. The van der Waals surface area contributed by atoms with E-state index in [1.165, 1.54) is 5.56 Å². The highest BCUT2D eigenvalue weighted by molar-refractivity contribution is 6.60. The number of benzene rings is 3. The van der Waals surface area contributed by atoms with Gasteiger partial charge in [0.25, 0.3) is 19.5 Å². The first-order valence-corrected chi connectivity index (χ1v) is 18.8. The molecule has 0 atom stereocenters. The first-order valence-electron chi connectivity index (χ1n) is 15.0. The van der Waals surface area contributed by atoms with Gasteiger partial charge in [0.15, 0.2) is 0 Å². The van der Waals surface area contributed by atoms with Crippen LogP contribution in [0.25, 0.3) is 10.4 Å². The minimum atomic E-state index is -2.72. The lowest BCUT2D eigenvalue weighted by molar-refractivity contribution is 0.0714. The molecule has 0 aromatic heterocycles. The van der Waals surface area contributed by atoms with E-state index < -0.39 is 8.80 Å². The summed E-state index contributed by atoms with van der Waals surface area (Å²) in [4.78, 5) is 2.27. The minimum Gasteiger partial charge on any atom is -0.412 e. The first-order chi connectivity index (χ1) is 20.9. The van der Waals surface area contributed by atoms with E-state index in [4.69, 9.17) is 22.1 Å². The highest BCUT2D eigenvalue weighted by Crippen LogP contribution is 2.37. The SMILES string of the molecule is C=C([Si]OCC)c1cccc(N(c2ccc(CC[Si](OCC)(OCC)OCC)cc2)c2cccc(C(=C)[Si]OCC)c2)c1. The second-order valence-corrected chi connectivity index (χ2v) is 14.5. The molecule has 0 amide bonds. The lowest BCUT2D eigenvalue weighted by Gasteiger charge is -2.29. The molecule has 4 radical (unpaired) electrons. The molecule has 0 aliphatic rings. The Morgan fingerprint density at radius 2 is 1.09 bits per heavy atom. The molecule has 3 aromatic rings. The first kappa shape index (κ1) is 34.9. The number of hydrogen-bond donors (Lipinski definition) is 0.